The molecule has 180 valence electrons. The van der Waals surface area contributed by atoms with E-state index >= 15 is 0 Å². The minimum Gasteiger partial charge on any atom is -0.493 e. The molecule has 0 atom stereocenters. The van der Waals surface area contributed by atoms with Crippen molar-refractivity contribution in [2.24, 2.45) is 0 Å². The van der Waals surface area contributed by atoms with Crippen molar-refractivity contribution in [3.63, 3.8) is 0 Å². The molecule has 14 heteroatoms. The van der Waals surface area contributed by atoms with Crippen molar-refractivity contribution < 1.29 is 44.6 Å². The first kappa shape index (κ1) is 24.8. The summed E-state index contributed by atoms with van der Waals surface area (Å²) in [7, 11) is -2.62. The summed E-state index contributed by atoms with van der Waals surface area (Å²) in [6, 6.07) is 5.77. The number of nitrogens with one attached hydrogen (secondary N) is 1. The number of aromatic nitrogens is 2. The Morgan fingerprint density at radius 2 is 1.71 bits per heavy atom. The lowest BCUT2D eigenvalue weighted by Crippen LogP contribution is -2.18. The number of hydrogen-bond donors (Lipinski definition) is 1. The molecule has 0 fully saturated rings. The van der Waals surface area contributed by atoms with Crippen LogP contribution in [-0.4, -0.2) is 37.9 Å². The number of halogens is 5. The number of hydrogen-bond acceptors (Lipinski definition) is 7. The van der Waals surface area contributed by atoms with Gasteiger partial charge < -0.3 is 14.8 Å². The first-order chi connectivity index (χ1) is 15.8. The van der Waals surface area contributed by atoms with Crippen molar-refractivity contribution in [2.75, 3.05) is 18.7 Å². The van der Waals surface area contributed by atoms with Crippen molar-refractivity contribution >= 4 is 21.4 Å². The Kier molecular flexibility index (Phi) is 6.72. The second-order valence-corrected chi connectivity index (χ2v) is 8.73. The fourth-order valence-electron chi connectivity index (χ4n) is 2.61. The van der Waals surface area contributed by atoms with E-state index in [2.05, 4.69) is 10.2 Å². The summed E-state index contributed by atoms with van der Waals surface area (Å²) < 4.78 is 101. The van der Waals surface area contributed by atoms with Crippen LogP contribution < -0.4 is 14.8 Å². The molecule has 1 N–H and O–H groups in total. The summed E-state index contributed by atoms with van der Waals surface area (Å²) in [6.07, 6.45) is -4.15. The molecule has 34 heavy (non-hydrogen) atoms. The van der Waals surface area contributed by atoms with E-state index in [1.807, 2.05) is 5.32 Å². The summed E-state index contributed by atoms with van der Waals surface area (Å²) >= 11 is 0. The number of carbonyl (C=O) groups excluding carboxylic acids is 1. The molecule has 8 nitrogen and oxygen atoms in total. The second kappa shape index (κ2) is 9.21. The molecule has 0 saturated carbocycles. The van der Waals surface area contributed by atoms with Crippen LogP contribution in [0, 0.1) is 11.6 Å². The SMILES string of the molecule is COc1cc(F)ccc1Oc1nnc(C(F)(F)F)cc1C(=O)Nc1cc(S(C)(=O)=O)ccc1F. The van der Waals surface area contributed by atoms with Crippen LogP contribution in [0.3, 0.4) is 0 Å². The van der Waals surface area contributed by atoms with E-state index in [1.165, 1.54) is 7.11 Å². The molecule has 0 aliphatic rings. The van der Waals surface area contributed by atoms with Crippen molar-refractivity contribution in [1.82, 2.24) is 10.2 Å². The van der Waals surface area contributed by atoms with Crippen molar-refractivity contribution in [2.45, 2.75) is 11.1 Å². The van der Waals surface area contributed by atoms with E-state index in [1.54, 1.807) is 0 Å². The van der Waals surface area contributed by atoms with Crippen LogP contribution >= 0.6 is 0 Å². The number of amides is 1. The quantitative estimate of drug-likeness (QED) is 0.396. The van der Waals surface area contributed by atoms with Crippen LogP contribution in [0.2, 0.25) is 0 Å². The smallest absolute Gasteiger partial charge is 0.435 e. The minimum absolute atomic E-state index is 0.167. The van der Waals surface area contributed by atoms with Gasteiger partial charge in [0.2, 0.25) is 0 Å². The molecule has 0 aliphatic carbocycles. The summed E-state index contributed by atoms with van der Waals surface area (Å²) in [5.74, 6) is -4.20. The lowest BCUT2D eigenvalue weighted by Gasteiger charge is -2.14. The highest BCUT2D eigenvalue weighted by molar-refractivity contribution is 7.90. The fraction of sp³-hybridized carbons (Fsp3) is 0.150. The van der Waals surface area contributed by atoms with Crippen LogP contribution in [-0.2, 0) is 16.0 Å². The maximum Gasteiger partial charge on any atom is 0.435 e. The highest BCUT2D eigenvalue weighted by Crippen LogP contribution is 2.35. The standard InChI is InChI=1S/C20H14F5N3O5S/c1-32-16-7-10(21)3-6-15(16)33-19-12(9-17(27-28-19)20(23,24)25)18(29)26-14-8-11(34(2,30)31)4-5-13(14)22/h3-9H,1-2H3,(H,26,29). The van der Waals surface area contributed by atoms with Gasteiger partial charge in [-0.15, -0.1) is 10.2 Å². The number of sulfone groups is 1. The van der Waals surface area contributed by atoms with Crippen molar-refractivity contribution in [3.8, 4) is 17.4 Å². The summed E-state index contributed by atoms with van der Waals surface area (Å²) in [6.45, 7) is 0. The van der Waals surface area contributed by atoms with Gasteiger partial charge in [0.05, 0.1) is 17.7 Å². The Hall–Kier alpha value is -3.81. The molecule has 0 unspecified atom stereocenters. The zero-order valence-corrected chi connectivity index (χ0v) is 18.1. The Balaban J connectivity index is 2.06. The van der Waals surface area contributed by atoms with Gasteiger partial charge in [0.15, 0.2) is 27.0 Å². The van der Waals surface area contributed by atoms with Gasteiger partial charge in [-0.3, -0.25) is 4.79 Å². The van der Waals surface area contributed by atoms with Gasteiger partial charge in [-0.1, -0.05) is 0 Å². The Morgan fingerprint density at radius 1 is 1.00 bits per heavy atom. The van der Waals surface area contributed by atoms with Gasteiger partial charge in [0.25, 0.3) is 11.8 Å². The largest absolute Gasteiger partial charge is 0.493 e. The molecular weight excluding hydrogens is 489 g/mol. The van der Waals surface area contributed by atoms with E-state index in [9.17, 15) is 35.2 Å². The number of rotatable bonds is 6. The topological polar surface area (TPSA) is 107 Å². The third kappa shape index (κ3) is 5.57. The first-order valence-electron chi connectivity index (χ1n) is 9.07. The minimum atomic E-state index is -4.99. The molecule has 1 aromatic heterocycles. The maximum atomic E-state index is 14.2. The molecule has 3 aromatic rings. The number of anilines is 1. The summed E-state index contributed by atoms with van der Waals surface area (Å²) in [4.78, 5) is 12.4. The van der Waals surface area contributed by atoms with Crippen LogP contribution in [0.4, 0.5) is 27.6 Å². The van der Waals surface area contributed by atoms with Crippen molar-refractivity contribution in [3.05, 3.63) is 65.4 Å². The molecule has 3 rings (SSSR count). The van der Waals surface area contributed by atoms with Gasteiger partial charge in [-0.25, -0.2) is 17.2 Å². The van der Waals surface area contributed by atoms with Crippen LogP contribution in [0.1, 0.15) is 16.1 Å². The summed E-state index contributed by atoms with van der Waals surface area (Å²) in [5.41, 5.74) is -3.00. The molecular formula is C20H14F5N3O5S. The van der Waals surface area contributed by atoms with E-state index in [0.717, 1.165) is 42.7 Å². The zero-order chi connectivity index (χ0) is 25.3. The van der Waals surface area contributed by atoms with Gasteiger partial charge >= 0.3 is 6.18 Å². The number of methoxy groups -OCH3 is 1. The monoisotopic (exact) mass is 503 g/mol. The Bertz CT molecular complexity index is 1360. The van der Waals surface area contributed by atoms with Gasteiger partial charge in [-0.2, -0.15) is 13.2 Å². The maximum absolute atomic E-state index is 14.2. The third-order valence-corrected chi connectivity index (χ3v) is 5.35. The molecule has 2 aromatic carbocycles. The predicted octanol–water partition coefficient (Wildman–Crippen LogP) is 4.23. The van der Waals surface area contributed by atoms with E-state index < -0.39 is 56.4 Å². The lowest BCUT2D eigenvalue weighted by molar-refractivity contribution is -0.141. The highest BCUT2D eigenvalue weighted by Gasteiger charge is 2.35. The van der Waals surface area contributed by atoms with Gasteiger partial charge in [0, 0.05) is 12.3 Å². The molecule has 0 radical (unpaired) electrons. The molecule has 1 amide bonds. The average molecular weight is 503 g/mol. The van der Waals surface area contributed by atoms with Gasteiger partial charge in [0.1, 0.15) is 17.2 Å². The number of nitrogens with zero attached hydrogens (tertiary/aromatic N) is 2. The highest BCUT2D eigenvalue weighted by atomic mass is 32.2. The summed E-state index contributed by atoms with van der Waals surface area (Å²) in [5, 5.41) is 8.27. The number of ether oxygens (including phenoxy) is 2. The van der Waals surface area contributed by atoms with Crippen LogP contribution in [0.25, 0.3) is 0 Å². The fourth-order valence-corrected chi connectivity index (χ4v) is 3.25. The molecule has 1 heterocycles. The second-order valence-electron chi connectivity index (χ2n) is 6.71. The third-order valence-electron chi connectivity index (χ3n) is 4.24. The van der Waals surface area contributed by atoms with E-state index in [4.69, 9.17) is 9.47 Å². The number of carbonyl (C=O) groups is 1. The number of alkyl halides is 3. The van der Waals surface area contributed by atoms with Crippen LogP contribution in [0.5, 0.6) is 17.4 Å². The van der Waals surface area contributed by atoms with E-state index in [-0.39, 0.29) is 16.4 Å². The molecule has 0 saturated heterocycles. The molecule has 0 spiro atoms. The molecule has 0 bridgehead atoms. The first-order valence-corrected chi connectivity index (χ1v) is 11.0. The van der Waals surface area contributed by atoms with Crippen LogP contribution in [0.15, 0.2) is 47.4 Å². The average Bonchev–Trinajstić information content (AvgIpc) is 2.75. The lowest BCUT2D eigenvalue weighted by atomic mass is 10.2. The predicted molar refractivity (Wildman–Crippen MR) is 108 cm³/mol. The molecule has 0 aliphatic heterocycles. The zero-order valence-electron chi connectivity index (χ0n) is 17.3. The van der Waals surface area contributed by atoms with Crippen molar-refractivity contribution in [1.29, 1.82) is 0 Å². The Labute approximate surface area is 189 Å². The van der Waals surface area contributed by atoms with Gasteiger partial charge in [-0.05, 0) is 36.4 Å². The van der Waals surface area contributed by atoms with E-state index in [0.29, 0.717) is 6.07 Å². The normalized spacial score (nSPS) is 11.7. The Morgan fingerprint density at radius 3 is 2.32 bits per heavy atom. The number of benzene rings is 2.